The van der Waals surface area contributed by atoms with Crippen molar-refractivity contribution in [1.82, 2.24) is 20.0 Å². The highest BCUT2D eigenvalue weighted by Crippen LogP contribution is 2.15. The molecule has 1 N–H and O–H groups in total. The Hall–Kier alpha value is -2.65. The van der Waals surface area contributed by atoms with Crippen LogP contribution in [-0.2, 0) is 22.6 Å². The molecule has 1 aliphatic rings. The van der Waals surface area contributed by atoms with Gasteiger partial charge in [-0.2, -0.15) is 0 Å². The minimum atomic E-state index is -0.320. The molecule has 31 heavy (non-hydrogen) atoms. The first-order valence-corrected chi connectivity index (χ1v) is 11.6. The molecule has 3 rings (SSSR count). The second-order valence-corrected chi connectivity index (χ2v) is 8.57. The zero-order valence-electron chi connectivity index (χ0n) is 17.7. The normalized spacial score (nSPS) is 13.6. The minimum Gasteiger partial charge on any atom is -0.450 e. The average Bonchev–Trinajstić information content (AvgIpc) is 3.31. The van der Waals surface area contributed by atoms with Crippen molar-refractivity contribution in [1.29, 1.82) is 0 Å². The number of rotatable bonds is 7. The first-order valence-electron chi connectivity index (χ1n) is 10.4. The summed E-state index contributed by atoms with van der Waals surface area (Å²) >= 11 is 7.31. The fourth-order valence-corrected chi connectivity index (χ4v) is 4.24. The maximum atomic E-state index is 12.7. The lowest BCUT2D eigenvalue weighted by atomic mass is 10.2. The number of amides is 2. The zero-order valence-corrected chi connectivity index (χ0v) is 19.3. The van der Waals surface area contributed by atoms with E-state index in [9.17, 15) is 9.59 Å². The number of thiophene rings is 1. The second-order valence-electron chi connectivity index (χ2n) is 7.15. The van der Waals surface area contributed by atoms with E-state index >= 15 is 0 Å². The molecule has 0 bridgehead atoms. The standard InChI is InChI=1S/C22H28N4O3S2/c1-2-29-22(28)25-12-10-24(11-13-25)20(27)15-23-21(30)26(17-19-9-6-14-31-19)16-18-7-4-3-5-8-18/h3-9,14H,2,10-13,15-17H2,1H3,(H,23,30). The van der Waals surface area contributed by atoms with Gasteiger partial charge in [-0.15, -0.1) is 11.3 Å². The van der Waals surface area contributed by atoms with Crippen molar-refractivity contribution in [2.75, 3.05) is 39.3 Å². The summed E-state index contributed by atoms with van der Waals surface area (Å²) in [6, 6.07) is 14.2. The molecule has 0 radical (unpaired) electrons. The Bertz CT molecular complexity index is 853. The summed E-state index contributed by atoms with van der Waals surface area (Å²) in [6.45, 7) is 5.57. The van der Waals surface area contributed by atoms with Gasteiger partial charge in [-0.1, -0.05) is 36.4 Å². The third kappa shape index (κ3) is 6.93. The van der Waals surface area contributed by atoms with Crippen molar-refractivity contribution in [3.05, 3.63) is 58.3 Å². The van der Waals surface area contributed by atoms with Crippen molar-refractivity contribution in [2.24, 2.45) is 0 Å². The number of hydrogen-bond acceptors (Lipinski definition) is 5. The molecule has 2 aromatic rings. The molecule has 0 spiro atoms. The molecule has 1 fully saturated rings. The number of piperazine rings is 1. The van der Waals surface area contributed by atoms with E-state index in [4.69, 9.17) is 17.0 Å². The smallest absolute Gasteiger partial charge is 0.409 e. The van der Waals surface area contributed by atoms with Crippen molar-refractivity contribution in [3.63, 3.8) is 0 Å². The highest BCUT2D eigenvalue weighted by atomic mass is 32.1. The van der Waals surface area contributed by atoms with Gasteiger partial charge in [-0.25, -0.2) is 4.79 Å². The summed E-state index contributed by atoms with van der Waals surface area (Å²) in [7, 11) is 0. The lowest BCUT2D eigenvalue weighted by molar-refractivity contribution is -0.131. The van der Waals surface area contributed by atoms with Gasteiger partial charge in [0.15, 0.2) is 5.11 Å². The van der Waals surface area contributed by atoms with Crippen molar-refractivity contribution in [2.45, 2.75) is 20.0 Å². The number of ether oxygens (including phenoxy) is 1. The number of hydrogen-bond donors (Lipinski definition) is 1. The van der Waals surface area contributed by atoms with Gasteiger partial charge in [0.1, 0.15) is 0 Å². The van der Waals surface area contributed by atoms with E-state index in [1.165, 1.54) is 4.88 Å². The number of carbonyl (C=O) groups excluding carboxylic acids is 2. The third-order valence-corrected chi connectivity index (χ3v) is 6.24. The summed E-state index contributed by atoms with van der Waals surface area (Å²) < 4.78 is 5.02. The van der Waals surface area contributed by atoms with E-state index in [-0.39, 0.29) is 18.5 Å². The van der Waals surface area contributed by atoms with E-state index in [0.29, 0.717) is 51.0 Å². The summed E-state index contributed by atoms with van der Waals surface area (Å²) in [5, 5.41) is 5.73. The van der Waals surface area contributed by atoms with Gasteiger partial charge in [-0.05, 0) is 36.2 Å². The lowest BCUT2D eigenvalue weighted by Gasteiger charge is -2.34. The molecule has 166 valence electrons. The molecule has 0 aliphatic carbocycles. The molecule has 1 aliphatic heterocycles. The summed E-state index contributed by atoms with van der Waals surface area (Å²) in [5.41, 5.74) is 1.16. The highest BCUT2D eigenvalue weighted by Gasteiger charge is 2.25. The lowest BCUT2D eigenvalue weighted by Crippen LogP contribution is -2.53. The van der Waals surface area contributed by atoms with Gasteiger partial charge < -0.3 is 24.8 Å². The molecular formula is C22H28N4O3S2. The molecule has 0 unspecified atom stereocenters. The van der Waals surface area contributed by atoms with Gasteiger partial charge in [0, 0.05) is 37.6 Å². The fraction of sp³-hybridized carbons (Fsp3) is 0.409. The monoisotopic (exact) mass is 460 g/mol. The molecule has 0 atom stereocenters. The van der Waals surface area contributed by atoms with Gasteiger partial charge in [0.05, 0.1) is 19.7 Å². The van der Waals surface area contributed by atoms with Gasteiger partial charge >= 0.3 is 6.09 Å². The summed E-state index contributed by atoms with van der Waals surface area (Å²) in [4.78, 5) is 31.1. The average molecular weight is 461 g/mol. The molecule has 0 saturated carbocycles. The molecule has 7 nitrogen and oxygen atoms in total. The SMILES string of the molecule is CCOC(=O)N1CCN(C(=O)CNC(=S)N(Cc2ccccc2)Cc2cccs2)CC1. The minimum absolute atomic E-state index is 0.0263. The molecule has 9 heteroatoms. The third-order valence-electron chi connectivity index (χ3n) is 4.98. The van der Waals surface area contributed by atoms with E-state index in [0.717, 1.165) is 5.56 Å². The van der Waals surface area contributed by atoms with Crippen LogP contribution in [0.25, 0.3) is 0 Å². The van der Waals surface area contributed by atoms with Crippen LogP contribution in [0.1, 0.15) is 17.4 Å². The van der Waals surface area contributed by atoms with Crippen LogP contribution in [0.5, 0.6) is 0 Å². The fourth-order valence-electron chi connectivity index (χ4n) is 3.32. The Morgan fingerprint density at radius 1 is 1.06 bits per heavy atom. The van der Waals surface area contributed by atoms with Crippen LogP contribution in [0.2, 0.25) is 0 Å². The Balaban J connectivity index is 1.51. The maximum Gasteiger partial charge on any atom is 0.409 e. The van der Waals surface area contributed by atoms with Crippen molar-refractivity contribution < 1.29 is 14.3 Å². The maximum absolute atomic E-state index is 12.7. The van der Waals surface area contributed by atoms with Crippen LogP contribution in [-0.4, -0.2) is 71.1 Å². The van der Waals surface area contributed by atoms with E-state index in [2.05, 4.69) is 28.4 Å². The Kier molecular flexibility index (Phi) is 8.66. The summed E-state index contributed by atoms with van der Waals surface area (Å²) in [5.74, 6) is -0.0263. The Morgan fingerprint density at radius 3 is 2.42 bits per heavy atom. The van der Waals surface area contributed by atoms with Crippen LogP contribution in [0.4, 0.5) is 4.79 Å². The van der Waals surface area contributed by atoms with Crippen LogP contribution in [0.3, 0.4) is 0 Å². The quantitative estimate of drug-likeness (QED) is 0.641. The molecule has 2 amide bonds. The summed E-state index contributed by atoms with van der Waals surface area (Å²) in [6.07, 6.45) is -0.320. The predicted octanol–water partition coefficient (Wildman–Crippen LogP) is 2.93. The highest BCUT2D eigenvalue weighted by molar-refractivity contribution is 7.80. The molecule has 2 heterocycles. The molecular weight excluding hydrogens is 432 g/mol. The van der Waals surface area contributed by atoms with Gasteiger partial charge in [0.2, 0.25) is 5.91 Å². The molecule has 1 saturated heterocycles. The van der Waals surface area contributed by atoms with Crippen molar-refractivity contribution >= 4 is 40.7 Å². The van der Waals surface area contributed by atoms with E-state index < -0.39 is 0 Å². The van der Waals surface area contributed by atoms with Gasteiger partial charge in [-0.3, -0.25) is 4.79 Å². The predicted molar refractivity (Wildman–Crippen MR) is 126 cm³/mol. The van der Waals surface area contributed by atoms with Crippen LogP contribution < -0.4 is 5.32 Å². The zero-order chi connectivity index (χ0) is 22.1. The largest absolute Gasteiger partial charge is 0.450 e. The van der Waals surface area contributed by atoms with Crippen LogP contribution >= 0.6 is 23.6 Å². The number of benzene rings is 1. The van der Waals surface area contributed by atoms with Crippen LogP contribution in [0, 0.1) is 0 Å². The molecule has 1 aromatic carbocycles. The first kappa shape index (κ1) is 23.0. The number of nitrogens with one attached hydrogen (secondary N) is 1. The van der Waals surface area contributed by atoms with Crippen LogP contribution in [0.15, 0.2) is 47.8 Å². The first-order chi connectivity index (χ1) is 15.1. The van der Waals surface area contributed by atoms with Gasteiger partial charge in [0.25, 0.3) is 0 Å². The number of carbonyl (C=O) groups is 2. The Labute approximate surface area is 192 Å². The number of nitrogens with zero attached hydrogens (tertiary/aromatic N) is 3. The second kappa shape index (κ2) is 11.7. The molecule has 1 aromatic heterocycles. The van der Waals surface area contributed by atoms with E-state index in [1.54, 1.807) is 28.1 Å². The van der Waals surface area contributed by atoms with E-state index in [1.807, 2.05) is 29.6 Å². The Morgan fingerprint density at radius 2 is 1.77 bits per heavy atom. The topological polar surface area (TPSA) is 65.1 Å². The van der Waals surface area contributed by atoms with Crippen molar-refractivity contribution in [3.8, 4) is 0 Å². The number of thiocarbonyl (C=S) groups is 1.